The molecule has 26 heavy (non-hydrogen) atoms. The Kier molecular flexibility index (Phi) is 6.28. The monoisotopic (exact) mass is 354 g/mol. The highest BCUT2D eigenvalue weighted by molar-refractivity contribution is 5.89. The molecule has 1 N–H and O–H groups in total. The van der Waals surface area contributed by atoms with Crippen molar-refractivity contribution in [2.45, 2.75) is 34.1 Å². The molecule has 0 aliphatic rings. The van der Waals surface area contributed by atoms with E-state index in [1.165, 1.54) is 12.1 Å². The zero-order valence-electron chi connectivity index (χ0n) is 15.5. The molecule has 2 rings (SSSR count). The van der Waals surface area contributed by atoms with Gasteiger partial charge in [0.1, 0.15) is 5.82 Å². The topological polar surface area (TPSA) is 55.1 Å². The highest BCUT2D eigenvalue weighted by Crippen LogP contribution is 2.31. The molecule has 0 amide bonds. The Hall–Kier alpha value is -2.95. The highest BCUT2D eigenvalue weighted by Gasteiger charge is 2.15. The standard InChI is InChI=1S/C21H23FN2O2/c1-5-14(3)20(18-8-7-16(21(25)26)12-19(18)22)15(4)11-17(6-2)24-10-9-23-13-24/h6-13H,5H2,1-4H3,(H,25,26)/b15-11-,17-6+,20-14?. The zero-order valence-corrected chi connectivity index (χ0v) is 15.5. The average Bonchev–Trinajstić information content (AvgIpc) is 3.15. The first-order chi connectivity index (χ1) is 12.4. The molecule has 0 atom stereocenters. The van der Waals surface area contributed by atoms with Gasteiger partial charge in [-0.05, 0) is 56.5 Å². The van der Waals surface area contributed by atoms with Gasteiger partial charge < -0.3 is 9.67 Å². The third-order valence-corrected chi connectivity index (χ3v) is 4.30. The third-order valence-electron chi connectivity index (χ3n) is 4.30. The minimum Gasteiger partial charge on any atom is -0.478 e. The quantitative estimate of drug-likeness (QED) is 0.706. The number of carbonyl (C=O) groups is 1. The maximum absolute atomic E-state index is 14.7. The maximum atomic E-state index is 14.7. The van der Waals surface area contributed by atoms with Crippen molar-refractivity contribution >= 4 is 17.2 Å². The second-order valence-corrected chi connectivity index (χ2v) is 6.02. The molecule has 0 bridgehead atoms. The number of aromatic nitrogens is 2. The molecule has 0 fully saturated rings. The minimum absolute atomic E-state index is 0.0612. The van der Waals surface area contributed by atoms with E-state index in [1.54, 1.807) is 12.5 Å². The fraction of sp³-hybridized carbons (Fsp3) is 0.238. The van der Waals surface area contributed by atoms with Crippen LogP contribution in [0.25, 0.3) is 11.3 Å². The summed E-state index contributed by atoms with van der Waals surface area (Å²) >= 11 is 0. The summed E-state index contributed by atoms with van der Waals surface area (Å²) in [5.74, 6) is -1.68. The van der Waals surface area contributed by atoms with E-state index in [4.69, 9.17) is 5.11 Å². The van der Waals surface area contributed by atoms with Crippen LogP contribution in [-0.4, -0.2) is 20.6 Å². The van der Waals surface area contributed by atoms with Crippen molar-refractivity contribution in [1.82, 2.24) is 9.55 Å². The van der Waals surface area contributed by atoms with Crippen LogP contribution in [0.3, 0.4) is 0 Å². The Morgan fingerprint density at radius 2 is 2.08 bits per heavy atom. The number of benzene rings is 1. The molecule has 5 heteroatoms. The van der Waals surface area contributed by atoms with Crippen LogP contribution in [0.2, 0.25) is 0 Å². The number of rotatable bonds is 6. The Labute approximate surface area is 153 Å². The van der Waals surface area contributed by atoms with Crippen LogP contribution >= 0.6 is 0 Å². The first-order valence-corrected chi connectivity index (χ1v) is 8.45. The SMILES string of the molecule is C/C=C(\C=C(\C)C(=C(C)CC)c1ccc(C(=O)O)cc1F)n1ccnc1. The number of carboxylic acids is 1. The summed E-state index contributed by atoms with van der Waals surface area (Å²) in [5, 5.41) is 9.05. The van der Waals surface area contributed by atoms with Gasteiger partial charge in [0, 0.05) is 23.7 Å². The van der Waals surface area contributed by atoms with Gasteiger partial charge in [-0.1, -0.05) is 24.6 Å². The number of halogens is 1. The summed E-state index contributed by atoms with van der Waals surface area (Å²) in [6, 6.07) is 4.04. The van der Waals surface area contributed by atoms with Crippen molar-refractivity contribution in [1.29, 1.82) is 0 Å². The Bertz CT molecular complexity index is 891. The second kappa shape index (κ2) is 8.43. The summed E-state index contributed by atoms with van der Waals surface area (Å²) in [6.07, 6.45) is 9.94. The number of nitrogens with zero attached hydrogens (tertiary/aromatic N) is 2. The number of aromatic carboxylic acids is 1. The Balaban J connectivity index is 2.56. The van der Waals surface area contributed by atoms with Crippen LogP contribution in [0.15, 0.2) is 60.2 Å². The smallest absolute Gasteiger partial charge is 0.335 e. The molecule has 0 aliphatic carbocycles. The first-order valence-electron chi connectivity index (χ1n) is 8.45. The van der Waals surface area contributed by atoms with Crippen LogP contribution in [0.4, 0.5) is 4.39 Å². The van der Waals surface area contributed by atoms with E-state index in [0.717, 1.165) is 34.9 Å². The predicted octanol–water partition coefficient (Wildman–Crippen LogP) is 5.41. The molecule has 0 saturated heterocycles. The summed E-state index contributed by atoms with van der Waals surface area (Å²) < 4.78 is 16.5. The van der Waals surface area contributed by atoms with Gasteiger partial charge >= 0.3 is 5.97 Å². The lowest BCUT2D eigenvalue weighted by atomic mass is 9.91. The number of imidazole rings is 1. The molecule has 136 valence electrons. The van der Waals surface area contributed by atoms with Crippen molar-refractivity contribution in [2.75, 3.05) is 0 Å². The van der Waals surface area contributed by atoms with E-state index in [2.05, 4.69) is 4.98 Å². The molecular weight excluding hydrogens is 331 g/mol. The van der Waals surface area contributed by atoms with Crippen LogP contribution in [0.1, 0.15) is 50.0 Å². The number of allylic oxidation sites excluding steroid dienone is 6. The molecule has 4 nitrogen and oxygen atoms in total. The molecule has 0 unspecified atom stereocenters. The lowest BCUT2D eigenvalue weighted by Gasteiger charge is -2.15. The molecular formula is C21H23FN2O2. The second-order valence-electron chi connectivity index (χ2n) is 6.02. The van der Waals surface area contributed by atoms with Gasteiger partial charge in [0.15, 0.2) is 0 Å². The van der Waals surface area contributed by atoms with E-state index < -0.39 is 11.8 Å². The van der Waals surface area contributed by atoms with E-state index in [-0.39, 0.29) is 5.56 Å². The van der Waals surface area contributed by atoms with Crippen molar-refractivity contribution in [3.05, 3.63) is 77.2 Å². The van der Waals surface area contributed by atoms with Gasteiger partial charge in [-0.2, -0.15) is 0 Å². The first kappa shape index (κ1) is 19.4. The Morgan fingerprint density at radius 3 is 2.58 bits per heavy atom. The summed E-state index contributed by atoms with van der Waals surface area (Å²) in [4.78, 5) is 15.1. The van der Waals surface area contributed by atoms with Crippen LogP contribution in [-0.2, 0) is 0 Å². The predicted molar refractivity (Wildman–Crippen MR) is 102 cm³/mol. The van der Waals surface area contributed by atoms with Crippen molar-refractivity contribution in [3.8, 4) is 0 Å². The number of hydrogen-bond acceptors (Lipinski definition) is 2. The summed E-state index contributed by atoms with van der Waals surface area (Å²) in [5.41, 5.74) is 3.98. The van der Waals surface area contributed by atoms with E-state index in [1.807, 2.05) is 50.6 Å². The minimum atomic E-state index is -1.14. The van der Waals surface area contributed by atoms with Crippen LogP contribution < -0.4 is 0 Å². The molecule has 2 aromatic rings. The lowest BCUT2D eigenvalue weighted by molar-refractivity contribution is 0.0696. The van der Waals surface area contributed by atoms with Gasteiger partial charge in [0.2, 0.25) is 0 Å². The summed E-state index contributed by atoms with van der Waals surface area (Å²) in [6.45, 7) is 7.83. The molecule has 1 heterocycles. The molecule has 0 spiro atoms. The van der Waals surface area contributed by atoms with Crippen LogP contribution in [0.5, 0.6) is 0 Å². The van der Waals surface area contributed by atoms with Crippen molar-refractivity contribution < 1.29 is 14.3 Å². The fourth-order valence-corrected chi connectivity index (χ4v) is 2.82. The van der Waals surface area contributed by atoms with Crippen molar-refractivity contribution in [2.24, 2.45) is 0 Å². The molecule has 0 aliphatic heterocycles. The van der Waals surface area contributed by atoms with Gasteiger partial charge in [-0.15, -0.1) is 0 Å². The highest BCUT2D eigenvalue weighted by atomic mass is 19.1. The lowest BCUT2D eigenvalue weighted by Crippen LogP contribution is -2.01. The van der Waals surface area contributed by atoms with Gasteiger partial charge in [-0.25, -0.2) is 14.2 Å². The van der Waals surface area contributed by atoms with Gasteiger partial charge in [-0.3, -0.25) is 0 Å². The number of hydrogen-bond donors (Lipinski definition) is 1. The van der Waals surface area contributed by atoms with Crippen LogP contribution in [0, 0.1) is 5.82 Å². The van der Waals surface area contributed by atoms with Crippen molar-refractivity contribution in [3.63, 3.8) is 0 Å². The molecule has 1 aromatic carbocycles. The van der Waals surface area contributed by atoms with E-state index >= 15 is 0 Å². The number of carboxylic acid groups (broad SMARTS) is 1. The van der Waals surface area contributed by atoms with E-state index in [0.29, 0.717) is 5.56 Å². The molecule has 0 saturated carbocycles. The third kappa shape index (κ3) is 4.17. The average molecular weight is 354 g/mol. The van der Waals surface area contributed by atoms with Gasteiger partial charge in [0.25, 0.3) is 0 Å². The van der Waals surface area contributed by atoms with E-state index in [9.17, 15) is 9.18 Å². The molecule has 0 radical (unpaired) electrons. The Morgan fingerprint density at radius 1 is 1.35 bits per heavy atom. The zero-order chi connectivity index (χ0) is 19.3. The van der Waals surface area contributed by atoms with Gasteiger partial charge in [0.05, 0.1) is 11.9 Å². The summed E-state index contributed by atoms with van der Waals surface area (Å²) in [7, 11) is 0. The largest absolute Gasteiger partial charge is 0.478 e. The molecule has 1 aromatic heterocycles. The fourth-order valence-electron chi connectivity index (χ4n) is 2.82. The normalized spacial score (nSPS) is 13.6. The maximum Gasteiger partial charge on any atom is 0.335 e.